The van der Waals surface area contributed by atoms with E-state index >= 15 is 0 Å². The SMILES string of the molecule is COc1ccccc1C1(N2C[C@H](O)C[C@H]2C(=O)N(C)C)C(=O)N(S(=O)(=O)c2cccs2)c2ccc(F)cc21. The zero-order valence-electron chi connectivity index (χ0n) is 20.9. The molecule has 0 bridgehead atoms. The Balaban J connectivity index is 1.88. The van der Waals surface area contributed by atoms with Crippen molar-refractivity contribution in [2.75, 3.05) is 32.1 Å². The first-order valence-electron chi connectivity index (χ1n) is 11.8. The number of hydrogen-bond acceptors (Lipinski definition) is 8. The monoisotopic (exact) mass is 559 g/mol. The van der Waals surface area contributed by atoms with Crippen molar-refractivity contribution >= 4 is 38.9 Å². The fraction of sp³-hybridized carbons (Fsp3) is 0.308. The van der Waals surface area contributed by atoms with Gasteiger partial charge in [-0.2, -0.15) is 12.7 Å². The average Bonchev–Trinajstić information content (AvgIpc) is 3.61. The first kappa shape index (κ1) is 26.3. The van der Waals surface area contributed by atoms with Gasteiger partial charge in [0.1, 0.15) is 15.8 Å². The lowest BCUT2D eigenvalue weighted by atomic mass is 9.80. The van der Waals surface area contributed by atoms with Crippen LogP contribution in [0.15, 0.2) is 64.2 Å². The second-order valence-corrected chi connectivity index (χ2v) is 12.3. The van der Waals surface area contributed by atoms with Crippen LogP contribution >= 0.6 is 11.3 Å². The van der Waals surface area contributed by atoms with Crippen LogP contribution in [0.25, 0.3) is 0 Å². The highest BCUT2D eigenvalue weighted by Crippen LogP contribution is 2.54. The number of anilines is 1. The Morgan fingerprint density at radius 1 is 1.16 bits per heavy atom. The summed E-state index contributed by atoms with van der Waals surface area (Å²) in [6, 6.07) is 11.9. The molecule has 1 N–H and O–H groups in total. The molecule has 1 saturated heterocycles. The molecule has 2 aliphatic heterocycles. The number of benzene rings is 2. The van der Waals surface area contributed by atoms with Crippen molar-refractivity contribution in [3.8, 4) is 5.75 Å². The maximum Gasteiger partial charge on any atom is 0.280 e. The number of sulfonamides is 1. The van der Waals surface area contributed by atoms with Gasteiger partial charge in [0, 0.05) is 31.8 Å². The summed E-state index contributed by atoms with van der Waals surface area (Å²) in [7, 11) is 0.0990. The number of carbonyl (C=O) groups is 2. The Bertz CT molecular complexity index is 1510. The molecule has 0 aliphatic carbocycles. The van der Waals surface area contributed by atoms with Gasteiger partial charge in [-0.05, 0) is 42.1 Å². The normalized spacial score (nSPS) is 23.5. The summed E-state index contributed by atoms with van der Waals surface area (Å²) in [5, 5.41) is 12.3. The molecule has 3 heterocycles. The van der Waals surface area contributed by atoms with Crippen molar-refractivity contribution in [3.05, 3.63) is 76.9 Å². The minimum Gasteiger partial charge on any atom is -0.496 e. The van der Waals surface area contributed by atoms with Crippen molar-refractivity contribution < 1.29 is 32.2 Å². The van der Waals surface area contributed by atoms with E-state index in [0.717, 1.165) is 23.5 Å². The van der Waals surface area contributed by atoms with Crippen LogP contribution < -0.4 is 9.04 Å². The average molecular weight is 560 g/mol. The summed E-state index contributed by atoms with van der Waals surface area (Å²) in [4.78, 5) is 31.0. The topological polar surface area (TPSA) is 107 Å². The van der Waals surface area contributed by atoms with Crippen molar-refractivity contribution in [2.45, 2.75) is 28.3 Å². The number of thiophene rings is 1. The van der Waals surface area contributed by atoms with Gasteiger partial charge in [-0.1, -0.05) is 24.3 Å². The van der Waals surface area contributed by atoms with Crippen molar-refractivity contribution in [3.63, 3.8) is 0 Å². The van der Waals surface area contributed by atoms with Gasteiger partial charge in [-0.3, -0.25) is 14.5 Å². The maximum absolute atomic E-state index is 14.9. The number of β-amino-alcohol motifs (C(OH)–C–C–N with tert-alkyl or cyclic N) is 1. The minimum absolute atomic E-state index is 0.00349. The van der Waals surface area contributed by atoms with Crippen LogP contribution in [-0.4, -0.2) is 75.0 Å². The molecule has 38 heavy (non-hydrogen) atoms. The fourth-order valence-corrected chi connectivity index (χ4v) is 7.96. The highest BCUT2D eigenvalue weighted by atomic mass is 32.2. The summed E-state index contributed by atoms with van der Waals surface area (Å²) in [5.41, 5.74) is -1.76. The molecule has 1 fully saturated rings. The number of halogens is 1. The van der Waals surface area contributed by atoms with E-state index in [2.05, 4.69) is 0 Å². The van der Waals surface area contributed by atoms with Gasteiger partial charge in [0.15, 0.2) is 5.54 Å². The fourth-order valence-electron chi connectivity index (χ4n) is 5.44. The van der Waals surface area contributed by atoms with E-state index in [0.29, 0.717) is 4.31 Å². The predicted octanol–water partition coefficient (Wildman–Crippen LogP) is 2.40. The number of ether oxygens (including phenoxy) is 1. The number of aliphatic hydroxyl groups is 1. The van der Waals surface area contributed by atoms with Crippen LogP contribution in [0.3, 0.4) is 0 Å². The number of methoxy groups -OCH3 is 1. The molecule has 1 aromatic heterocycles. The summed E-state index contributed by atoms with van der Waals surface area (Å²) in [5.74, 6) is -1.76. The molecule has 0 radical (unpaired) electrons. The van der Waals surface area contributed by atoms with Crippen LogP contribution in [-0.2, 0) is 25.2 Å². The number of nitrogens with zero attached hydrogens (tertiary/aromatic N) is 3. The standard InChI is InChI=1S/C26H26FN3O6S2/c1-28(2)24(32)21-14-17(31)15-29(21)26(18-7-4-5-8-22(18)36-3)19-13-16(27)10-11-20(19)30(25(26)33)38(34,35)23-9-6-12-37-23/h4-13,17,21,31H,14-15H2,1-3H3/t17-,21+,26?/m1/s1. The third kappa shape index (κ3) is 3.74. The quantitative estimate of drug-likeness (QED) is 0.494. The predicted molar refractivity (Wildman–Crippen MR) is 139 cm³/mol. The first-order chi connectivity index (χ1) is 18.0. The molecule has 2 aliphatic rings. The second kappa shape index (κ2) is 9.45. The van der Waals surface area contributed by atoms with Crippen LogP contribution in [0.2, 0.25) is 0 Å². The Kier molecular flexibility index (Phi) is 6.54. The van der Waals surface area contributed by atoms with Gasteiger partial charge in [-0.25, -0.2) is 4.39 Å². The number of likely N-dealkylation sites (tertiary alicyclic amines) is 1. The molecule has 9 nitrogen and oxygen atoms in total. The lowest BCUT2D eigenvalue weighted by Gasteiger charge is -2.41. The molecule has 3 aromatic rings. The number of carbonyl (C=O) groups excluding carboxylic acids is 2. The smallest absolute Gasteiger partial charge is 0.280 e. The van der Waals surface area contributed by atoms with Crippen LogP contribution in [0.5, 0.6) is 5.75 Å². The zero-order valence-corrected chi connectivity index (χ0v) is 22.5. The number of amides is 2. The summed E-state index contributed by atoms with van der Waals surface area (Å²) < 4.78 is 48.9. The highest BCUT2D eigenvalue weighted by molar-refractivity contribution is 7.95. The molecule has 5 rings (SSSR count). The summed E-state index contributed by atoms with van der Waals surface area (Å²) >= 11 is 0.947. The van der Waals surface area contributed by atoms with Crippen molar-refractivity contribution in [1.82, 2.24) is 9.80 Å². The molecule has 2 amide bonds. The van der Waals surface area contributed by atoms with Gasteiger partial charge >= 0.3 is 0 Å². The van der Waals surface area contributed by atoms with E-state index in [1.165, 1.54) is 29.0 Å². The number of fused-ring (bicyclic) bond motifs is 1. The van der Waals surface area contributed by atoms with E-state index < -0.39 is 39.4 Å². The Morgan fingerprint density at radius 2 is 1.89 bits per heavy atom. The molecule has 3 atom stereocenters. The van der Waals surface area contributed by atoms with E-state index in [9.17, 15) is 27.5 Å². The molecule has 0 spiro atoms. The van der Waals surface area contributed by atoms with Crippen molar-refractivity contribution in [2.24, 2.45) is 0 Å². The van der Waals surface area contributed by atoms with Gasteiger partial charge < -0.3 is 14.7 Å². The Labute approximate surface area is 223 Å². The van der Waals surface area contributed by atoms with E-state index in [1.807, 2.05) is 0 Å². The third-order valence-corrected chi connectivity index (χ3v) is 10.1. The van der Waals surface area contributed by atoms with Gasteiger partial charge in [-0.15, -0.1) is 11.3 Å². The largest absolute Gasteiger partial charge is 0.496 e. The van der Waals surface area contributed by atoms with E-state index in [4.69, 9.17) is 4.74 Å². The second-order valence-electron chi connectivity index (χ2n) is 9.37. The zero-order chi connectivity index (χ0) is 27.4. The molecule has 0 saturated carbocycles. The Hall–Kier alpha value is -3.32. The number of para-hydroxylation sites is 1. The maximum atomic E-state index is 14.9. The molecule has 2 aromatic carbocycles. The lowest BCUT2D eigenvalue weighted by Crippen LogP contribution is -2.59. The minimum atomic E-state index is -4.41. The Morgan fingerprint density at radius 3 is 2.55 bits per heavy atom. The summed E-state index contributed by atoms with van der Waals surface area (Å²) in [6.07, 6.45) is -0.994. The molecule has 12 heteroatoms. The first-order valence-corrected chi connectivity index (χ1v) is 14.1. The number of likely N-dealkylation sites (N-methyl/N-ethyl adjacent to an activating group) is 1. The van der Waals surface area contributed by atoms with E-state index in [1.54, 1.807) is 49.8 Å². The van der Waals surface area contributed by atoms with Gasteiger partial charge in [0.25, 0.3) is 15.9 Å². The molecular formula is C26H26FN3O6S2. The van der Waals surface area contributed by atoms with E-state index in [-0.39, 0.29) is 45.6 Å². The molecular weight excluding hydrogens is 533 g/mol. The molecule has 200 valence electrons. The third-order valence-electron chi connectivity index (χ3n) is 6.98. The number of hydrogen-bond donors (Lipinski definition) is 1. The van der Waals surface area contributed by atoms with Crippen LogP contribution in [0, 0.1) is 5.82 Å². The summed E-state index contributed by atoms with van der Waals surface area (Å²) in [6.45, 7) is -0.142. The van der Waals surface area contributed by atoms with Crippen LogP contribution in [0.1, 0.15) is 17.5 Å². The lowest BCUT2D eigenvalue weighted by molar-refractivity contribution is -0.138. The highest BCUT2D eigenvalue weighted by Gasteiger charge is 2.64. The number of aliphatic hydroxyl groups excluding tert-OH is 1. The van der Waals surface area contributed by atoms with Crippen molar-refractivity contribution in [1.29, 1.82) is 0 Å². The number of rotatable bonds is 6. The van der Waals surface area contributed by atoms with Gasteiger partial charge in [0.05, 0.1) is 24.9 Å². The van der Waals surface area contributed by atoms with Gasteiger partial charge in [0.2, 0.25) is 5.91 Å². The van der Waals surface area contributed by atoms with Crippen LogP contribution in [0.4, 0.5) is 10.1 Å². The molecule has 1 unspecified atom stereocenters.